The van der Waals surface area contributed by atoms with E-state index < -0.39 is 0 Å². The van der Waals surface area contributed by atoms with Crippen LogP contribution in [0.15, 0.2) is 30.6 Å². The molecule has 1 N–H and O–H groups in total. The number of anilines is 3. The Morgan fingerprint density at radius 3 is 2.52 bits per heavy atom. The van der Waals surface area contributed by atoms with Crippen LogP contribution in [0.4, 0.5) is 17.3 Å². The maximum atomic E-state index is 4.50. The molecule has 0 saturated carbocycles. The normalized spacial score (nSPS) is 14.7. The molecular formula is C21H32N6. The average Bonchev–Trinajstić information content (AvgIpc) is 2.68. The molecule has 3 rings (SSSR count). The molecule has 2 heterocycles. The lowest BCUT2D eigenvalue weighted by Crippen LogP contribution is -2.47. The van der Waals surface area contributed by atoms with Crippen LogP contribution in [-0.4, -0.2) is 68.2 Å². The zero-order valence-corrected chi connectivity index (χ0v) is 17.1. The summed E-state index contributed by atoms with van der Waals surface area (Å²) in [6.07, 6.45) is 2.77. The summed E-state index contributed by atoms with van der Waals surface area (Å²) in [6, 6.07) is 8.65. The lowest BCUT2D eigenvalue weighted by Gasteiger charge is -2.37. The van der Waals surface area contributed by atoms with E-state index >= 15 is 0 Å². The van der Waals surface area contributed by atoms with Gasteiger partial charge in [0.1, 0.15) is 18.0 Å². The summed E-state index contributed by atoms with van der Waals surface area (Å²) in [6.45, 7) is 10.4. The quantitative estimate of drug-likeness (QED) is 0.759. The first-order valence-corrected chi connectivity index (χ1v) is 9.81. The molecule has 1 aliphatic heterocycles. The van der Waals surface area contributed by atoms with E-state index in [1.165, 1.54) is 16.8 Å². The monoisotopic (exact) mass is 368 g/mol. The molecule has 1 aliphatic rings. The SMILES string of the molecule is Cc1cccc(N2CCN(c3cc(NCCCN(C)C)ncn3)CC2)c1C. The Kier molecular flexibility index (Phi) is 6.50. The molecule has 1 aromatic carbocycles. The van der Waals surface area contributed by atoms with E-state index in [0.717, 1.165) is 57.3 Å². The summed E-state index contributed by atoms with van der Waals surface area (Å²) >= 11 is 0. The number of aryl methyl sites for hydroxylation is 1. The highest BCUT2D eigenvalue weighted by Gasteiger charge is 2.20. The lowest BCUT2D eigenvalue weighted by molar-refractivity contribution is 0.405. The Hall–Kier alpha value is -2.34. The maximum Gasteiger partial charge on any atom is 0.134 e. The number of benzene rings is 1. The van der Waals surface area contributed by atoms with Crippen molar-refractivity contribution in [1.29, 1.82) is 0 Å². The van der Waals surface area contributed by atoms with E-state index in [1.807, 2.05) is 0 Å². The van der Waals surface area contributed by atoms with Gasteiger partial charge in [0, 0.05) is 44.5 Å². The van der Waals surface area contributed by atoms with Crippen LogP contribution in [-0.2, 0) is 0 Å². The minimum absolute atomic E-state index is 0.913. The maximum absolute atomic E-state index is 4.50. The zero-order valence-electron chi connectivity index (χ0n) is 17.1. The molecule has 146 valence electrons. The molecule has 0 amide bonds. The second-order valence-corrected chi connectivity index (χ2v) is 7.54. The van der Waals surface area contributed by atoms with Gasteiger partial charge in [0.25, 0.3) is 0 Å². The summed E-state index contributed by atoms with van der Waals surface area (Å²) < 4.78 is 0. The van der Waals surface area contributed by atoms with Crippen LogP contribution in [0.5, 0.6) is 0 Å². The van der Waals surface area contributed by atoms with Crippen LogP contribution < -0.4 is 15.1 Å². The van der Waals surface area contributed by atoms with Crippen molar-refractivity contribution in [2.45, 2.75) is 20.3 Å². The summed E-state index contributed by atoms with van der Waals surface area (Å²) in [5.74, 6) is 1.93. The fourth-order valence-electron chi connectivity index (χ4n) is 3.48. The molecule has 2 aromatic rings. The first kappa shape index (κ1) is 19.4. The molecule has 0 atom stereocenters. The van der Waals surface area contributed by atoms with Gasteiger partial charge in [-0.3, -0.25) is 0 Å². The Bertz CT molecular complexity index is 737. The summed E-state index contributed by atoms with van der Waals surface area (Å²) in [4.78, 5) is 15.9. The highest BCUT2D eigenvalue weighted by atomic mass is 15.3. The molecule has 0 spiro atoms. The van der Waals surface area contributed by atoms with Crippen LogP contribution in [0.1, 0.15) is 17.5 Å². The van der Waals surface area contributed by atoms with E-state index in [1.54, 1.807) is 6.33 Å². The fraction of sp³-hybridized carbons (Fsp3) is 0.524. The second-order valence-electron chi connectivity index (χ2n) is 7.54. The molecule has 1 saturated heterocycles. The zero-order chi connectivity index (χ0) is 19.2. The second kappa shape index (κ2) is 9.04. The first-order valence-electron chi connectivity index (χ1n) is 9.81. The molecule has 0 radical (unpaired) electrons. The summed E-state index contributed by atoms with van der Waals surface area (Å²) in [7, 11) is 4.20. The van der Waals surface area contributed by atoms with Gasteiger partial charge in [0.2, 0.25) is 0 Å². The highest BCUT2D eigenvalue weighted by molar-refractivity contribution is 5.57. The van der Waals surface area contributed by atoms with Gasteiger partial charge in [-0.2, -0.15) is 0 Å². The van der Waals surface area contributed by atoms with Crippen molar-refractivity contribution >= 4 is 17.3 Å². The van der Waals surface area contributed by atoms with Gasteiger partial charge in [-0.1, -0.05) is 12.1 Å². The number of hydrogen-bond donors (Lipinski definition) is 1. The van der Waals surface area contributed by atoms with E-state index in [4.69, 9.17) is 0 Å². The minimum Gasteiger partial charge on any atom is -0.370 e. The minimum atomic E-state index is 0.913. The molecule has 1 fully saturated rings. The van der Waals surface area contributed by atoms with Crippen molar-refractivity contribution in [2.75, 3.05) is 68.5 Å². The Labute approximate surface area is 163 Å². The van der Waals surface area contributed by atoms with E-state index in [0.29, 0.717) is 0 Å². The Balaban J connectivity index is 1.56. The molecule has 1 aromatic heterocycles. The number of piperazine rings is 1. The van der Waals surface area contributed by atoms with E-state index in [-0.39, 0.29) is 0 Å². The molecular weight excluding hydrogens is 336 g/mol. The van der Waals surface area contributed by atoms with Gasteiger partial charge in [0.15, 0.2) is 0 Å². The van der Waals surface area contributed by atoms with Crippen LogP contribution in [0.25, 0.3) is 0 Å². The van der Waals surface area contributed by atoms with Gasteiger partial charge in [-0.25, -0.2) is 9.97 Å². The van der Waals surface area contributed by atoms with Crippen molar-refractivity contribution < 1.29 is 0 Å². The van der Waals surface area contributed by atoms with Crippen LogP contribution in [0.3, 0.4) is 0 Å². The van der Waals surface area contributed by atoms with Gasteiger partial charge in [-0.05, 0) is 58.1 Å². The van der Waals surface area contributed by atoms with Gasteiger partial charge in [0.05, 0.1) is 0 Å². The Morgan fingerprint density at radius 2 is 1.78 bits per heavy atom. The van der Waals surface area contributed by atoms with Crippen molar-refractivity contribution in [1.82, 2.24) is 14.9 Å². The van der Waals surface area contributed by atoms with Gasteiger partial charge in [-0.15, -0.1) is 0 Å². The largest absolute Gasteiger partial charge is 0.370 e. The third-order valence-corrected chi connectivity index (χ3v) is 5.26. The molecule has 0 unspecified atom stereocenters. The Morgan fingerprint density at radius 1 is 1.04 bits per heavy atom. The number of hydrogen-bond acceptors (Lipinski definition) is 6. The molecule has 6 nitrogen and oxygen atoms in total. The van der Waals surface area contributed by atoms with E-state index in [2.05, 4.69) is 82.2 Å². The van der Waals surface area contributed by atoms with E-state index in [9.17, 15) is 0 Å². The van der Waals surface area contributed by atoms with Crippen LogP contribution in [0.2, 0.25) is 0 Å². The number of nitrogens with one attached hydrogen (secondary N) is 1. The summed E-state index contributed by atoms with van der Waals surface area (Å²) in [5, 5.41) is 3.41. The molecule has 27 heavy (non-hydrogen) atoms. The molecule has 6 heteroatoms. The standard InChI is InChI=1S/C21H32N6/c1-17-7-5-8-19(18(17)2)26-11-13-27(14-12-26)21-15-20(23-16-24-21)22-9-6-10-25(3)4/h5,7-8,15-16H,6,9-14H2,1-4H3,(H,22,23,24). The molecule has 0 bridgehead atoms. The smallest absolute Gasteiger partial charge is 0.134 e. The first-order chi connectivity index (χ1) is 13.0. The van der Waals surface area contributed by atoms with Crippen molar-refractivity contribution in [3.8, 4) is 0 Å². The average molecular weight is 369 g/mol. The summed E-state index contributed by atoms with van der Waals surface area (Å²) in [5.41, 5.74) is 4.11. The predicted octanol–water partition coefficient (Wildman–Crippen LogP) is 2.78. The van der Waals surface area contributed by atoms with Crippen LogP contribution in [0, 0.1) is 13.8 Å². The number of rotatable bonds is 7. The third kappa shape index (κ3) is 5.10. The number of aromatic nitrogens is 2. The fourth-order valence-corrected chi connectivity index (χ4v) is 3.48. The van der Waals surface area contributed by atoms with Crippen molar-refractivity contribution in [3.63, 3.8) is 0 Å². The third-order valence-electron chi connectivity index (χ3n) is 5.26. The van der Waals surface area contributed by atoms with Gasteiger partial charge >= 0.3 is 0 Å². The lowest BCUT2D eigenvalue weighted by atomic mass is 10.1. The van der Waals surface area contributed by atoms with Crippen molar-refractivity contribution in [3.05, 3.63) is 41.7 Å². The van der Waals surface area contributed by atoms with Gasteiger partial charge < -0.3 is 20.0 Å². The topological polar surface area (TPSA) is 47.5 Å². The van der Waals surface area contributed by atoms with Crippen molar-refractivity contribution in [2.24, 2.45) is 0 Å². The number of nitrogens with zero attached hydrogens (tertiary/aromatic N) is 5. The predicted molar refractivity (Wildman–Crippen MR) is 114 cm³/mol. The van der Waals surface area contributed by atoms with Crippen LogP contribution >= 0.6 is 0 Å². The molecule has 0 aliphatic carbocycles. The highest BCUT2D eigenvalue weighted by Crippen LogP contribution is 2.25.